The van der Waals surface area contributed by atoms with Crippen molar-refractivity contribution in [1.29, 1.82) is 0 Å². The van der Waals surface area contributed by atoms with Crippen molar-refractivity contribution in [1.82, 2.24) is 14.1 Å². The van der Waals surface area contributed by atoms with Crippen LogP contribution in [-0.4, -0.2) is 31.9 Å². The molecule has 0 unspecified atom stereocenters. The second-order valence-electron chi connectivity index (χ2n) is 5.86. The van der Waals surface area contributed by atoms with Crippen molar-refractivity contribution in [3.63, 3.8) is 0 Å². The van der Waals surface area contributed by atoms with Crippen LogP contribution in [0.4, 0.5) is 0 Å². The molecule has 0 saturated heterocycles. The fourth-order valence-corrected chi connectivity index (χ4v) is 2.58. The zero-order chi connectivity index (χ0) is 13.2. The van der Waals surface area contributed by atoms with E-state index in [9.17, 15) is 9.90 Å². The maximum absolute atomic E-state index is 11.7. The lowest BCUT2D eigenvalue weighted by Crippen LogP contribution is -2.46. The van der Waals surface area contributed by atoms with Gasteiger partial charge in [0, 0.05) is 6.54 Å². The van der Waals surface area contributed by atoms with Crippen molar-refractivity contribution in [3.8, 4) is 0 Å². The molecule has 1 aliphatic rings. The summed E-state index contributed by atoms with van der Waals surface area (Å²) in [5, 5.41) is 13.1. The molecule has 0 atom stereocenters. The van der Waals surface area contributed by atoms with E-state index in [1.165, 1.54) is 6.20 Å². The molecule has 0 radical (unpaired) electrons. The molecule has 1 aromatic heterocycles. The number of nitrogens with one attached hydrogen (secondary N) is 1. The SMILES string of the molecule is CC1(C)CCC(O)(CNC(=O)c2cnsn2)CC1. The number of hydrogen-bond acceptors (Lipinski definition) is 5. The van der Waals surface area contributed by atoms with Crippen LogP contribution in [-0.2, 0) is 0 Å². The normalized spacial score (nSPS) is 21.5. The Morgan fingerprint density at radius 1 is 1.44 bits per heavy atom. The average Bonchev–Trinajstić information content (AvgIpc) is 2.85. The first-order valence-corrected chi connectivity index (χ1v) is 6.91. The van der Waals surface area contributed by atoms with Crippen molar-refractivity contribution in [2.24, 2.45) is 5.41 Å². The quantitative estimate of drug-likeness (QED) is 0.874. The first-order chi connectivity index (χ1) is 8.40. The molecular weight excluding hydrogens is 250 g/mol. The molecule has 100 valence electrons. The van der Waals surface area contributed by atoms with Gasteiger partial charge in [-0.15, -0.1) is 0 Å². The second kappa shape index (κ2) is 4.93. The van der Waals surface area contributed by atoms with Crippen molar-refractivity contribution in [3.05, 3.63) is 11.9 Å². The monoisotopic (exact) mass is 269 g/mol. The predicted octanol–water partition coefficient (Wildman–Crippen LogP) is 1.60. The zero-order valence-corrected chi connectivity index (χ0v) is 11.6. The lowest BCUT2D eigenvalue weighted by atomic mass is 9.71. The maximum Gasteiger partial charge on any atom is 0.272 e. The minimum atomic E-state index is -0.769. The first-order valence-electron chi connectivity index (χ1n) is 6.18. The number of aliphatic hydroxyl groups is 1. The van der Waals surface area contributed by atoms with Gasteiger partial charge < -0.3 is 10.4 Å². The van der Waals surface area contributed by atoms with Crippen LogP contribution in [0, 0.1) is 5.41 Å². The summed E-state index contributed by atoms with van der Waals surface area (Å²) >= 11 is 1.00. The van der Waals surface area contributed by atoms with E-state index in [0.29, 0.717) is 17.7 Å². The Kier molecular flexibility index (Phi) is 3.68. The summed E-state index contributed by atoms with van der Waals surface area (Å²) in [5.41, 5.74) is -0.149. The Bertz CT molecular complexity index is 407. The van der Waals surface area contributed by atoms with Crippen molar-refractivity contribution in [2.45, 2.75) is 45.1 Å². The maximum atomic E-state index is 11.7. The summed E-state index contributed by atoms with van der Waals surface area (Å²) < 4.78 is 7.64. The smallest absolute Gasteiger partial charge is 0.272 e. The van der Waals surface area contributed by atoms with Gasteiger partial charge in [0.1, 0.15) is 0 Å². The second-order valence-corrected chi connectivity index (χ2v) is 6.42. The van der Waals surface area contributed by atoms with Gasteiger partial charge in [-0.2, -0.15) is 8.75 Å². The van der Waals surface area contributed by atoms with E-state index >= 15 is 0 Å². The number of rotatable bonds is 3. The van der Waals surface area contributed by atoms with Crippen molar-refractivity contribution >= 4 is 17.6 Å². The van der Waals surface area contributed by atoms with E-state index < -0.39 is 5.60 Å². The molecule has 1 amide bonds. The van der Waals surface area contributed by atoms with E-state index in [1.54, 1.807) is 0 Å². The average molecular weight is 269 g/mol. The molecule has 2 rings (SSSR count). The molecule has 0 aromatic carbocycles. The molecule has 1 fully saturated rings. The molecule has 0 spiro atoms. The molecule has 18 heavy (non-hydrogen) atoms. The lowest BCUT2D eigenvalue weighted by Gasteiger charge is -2.40. The first kappa shape index (κ1) is 13.4. The fraction of sp³-hybridized carbons (Fsp3) is 0.750. The molecule has 0 aliphatic heterocycles. The van der Waals surface area contributed by atoms with Gasteiger partial charge in [0.05, 0.1) is 23.5 Å². The Labute approximate surface area is 111 Å². The number of carbonyl (C=O) groups excluding carboxylic acids is 1. The van der Waals surface area contributed by atoms with Crippen LogP contribution in [0.25, 0.3) is 0 Å². The summed E-state index contributed by atoms with van der Waals surface area (Å²) in [6, 6.07) is 0. The zero-order valence-electron chi connectivity index (χ0n) is 10.8. The molecule has 0 bridgehead atoms. The molecule has 1 heterocycles. The highest BCUT2D eigenvalue weighted by Crippen LogP contribution is 2.39. The fourth-order valence-electron chi connectivity index (χ4n) is 2.17. The lowest BCUT2D eigenvalue weighted by molar-refractivity contribution is -0.0233. The number of hydrogen-bond donors (Lipinski definition) is 2. The number of aromatic nitrogens is 2. The van der Waals surface area contributed by atoms with Gasteiger partial charge in [0.15, 0.2) is 5.69 Å². The largest absolute Gasteiger partial charge is 0.388 e. The molecule has 1 saturated carbocycles. The molecule has 2 N–H and O–H groups in total. The third-order valence-corrected chi connectivity index (χ3v) is 4.18. The van der Waals surface area contributed by atoms with E-state index in [1.807, 2.05) is 0 Å². The highest BCUT2D eigenvalue weighted by Gasteiger charge is 2.36. The van der Waals surface area contributed by atoms with Crippen molar-refractivity contribution < 1.29 is 9.90 Å². The topological polar surface area (TPSA) is 75.1 Å². The van der Waals surface area contributed by atoms with Crippen LogP contribution in [0.3, 0.4) is 0 Å². The highest BCUT2D eigenvalue weighted by molar-refractivity contribution is 6.99. The summed E-state index contributed by atoms with van der Waals surface area (Å²) in [4.78, 5) is 11.7. The van der Waals surface area contributed by atoms with Gasteiger partial charge in [0.2, 0.25) is 0 Å². The van der Waals surface area contributed by atoms with Crippen LogP contribution in [0.2, 0.25) is 0 Å². The summed E-state index contributed by atoms with van der Waals surface area (Å²) in [7, 11) is 0. The summed E-state index contributed by atoms with van der Waals surface area (Å²) in [5.74, 6) is -0.262. The third kappa shape index (κ3) is 3.26. The Hall–Kier alpha value is -1.01. The molecular formula is C12H19N3O2S. The van der Waals surface area contributed by atoms with Crippen LogP contribution in [0.1, 0.15) is 50.0 Å². The van der Waals surface area contributed by atoms with Gasteiger partial charge in [-0.05, 0) is 31.1 Å². The molecule has 5 nitrogen and oxygen atoms in total. The predicted molar refractivity (Wildman–Crippen MR) is 69.4 cm³/mol. The van der Waals surface area contributed by atoms with Crippen LogP contribution in [0.5, 0.6) is 0 Å². The number of carbonyl (C=O) groups is 1. The standard InChI is InChI=1S/C12H19N3O2S/c1-11(2)3-5-12(17,6-4-11)8-13-10(16)9-7-14-18-15-9/h7,17H,3-6,8H2,1-2H3,(H,13,16). The number of nitrogens with zero attached hydrogens (tertiary/aromatic N) is 2. The van der Waals surface area contributed by atoms with E-state index in [0.717, 1.165) is 37.4 Å². The van der Waals surface area contributed by atoms with Gasteiger partial charge in [-0.1, -0.05) is 13.8 Å². The van der Waals surface area contributed by atoms with Crippen LogP contribution < -0.4 is 5.32 Å². The Morgan fingerprint density at radius 3 is 2.67 bits per heavy atom. The van der Waals surface area contributed by atoms with E-state index in [2.05, 4.69) is 27.9 Å². The Morgan fingerprint density at radius 2 is 2.11 bits per heavy atom. The van der Waals surface area contributed by atoms with Gasteiger partial charge in [-0.25, -0.2) is 0 Å². The minimum Gasteiger partial charge on any atom is -0.388 e. The van der Waals surface area contributed by atoms with Gasteiger partial charge in [-0.3, -0.25) is 4.79 Å². The molecule has 1 aromatic rings. The van der Waals surface area contributed by atoms with Crippen molar-refractivity contribution in [2.75, 3.05) is 6.54 Å². The Balaban J connectivity index is 1.85. The van der Waals surface area contributed by atoms with Crippen LogP contribution >= 0.6 is 11.7 Å². The molecule has 6 heteroatoms. The minimum absolute atomic E-state index is 0.262. The molecule has 1 aliphatic carbocycles. The van der Waals surface area contributed by atoms with E-state index in [4.69, 9.17) is 0 Å². The number of amides is 1. The summed E-state index contributed by atoms with van der Waals surface area (Å²) in [6.45, 7) is 4.72. The third-order valence-electron chi connectivity index (χ3n) is 3.71. The van der Waals surface area contributed by atoms with E-state index in [-0.39, 0.29) is 5.91 Å². The highest BCUT2D eigenvalue weighted by atomic mass is 32.1. The van der Waals surface area contributed by atoms with Gasteiger partial charge >= 0.3 is 0 Å². The summed E-state index contributed by atoms with van der Waals surface area (Å²) in [6.07, 6.45) is 4.87. The van der Waals surface area contributed by atoms with Gasteiger partial charge in [0.25, 0.3) is 5.91 Å². The van der Waals surface area contributed by atoms with Crippen LogP contribution in [0.15, 0.2) is 6.20 Å².